The van der Waals surface area contributed by atoms with E-state index < -0.39 is 12.1 Å². The van der Waals surface area contributed by atoms with Crippen LogP contribution in [0.1, 0.15) is 41.8 Å². The minimum Gasteiger partial charge on any atom is -0.462 e. The molecule has 0 saturated heterocycles. The van der Waals surface area contributed by atoms with Gasteiger partial charge in [0.2, 0.25) is 0 Å². The van der Waals surface area contributed by atoms with Crippen molar-refractivity contribution in [3.8, 4) is 0 Å². The molecule has 0 aliphatic carbocycles. The van der Waals surface area contributed by atoms with Gasteiger partial charge < -0.3 is 14.4 Å². The molecule has 14 heavy (non-hydrogen) atoms. The van der Waals surface area contributed by atoms with Crippen LogP contribution in [0.5, 0.6) is 0 Å². The zero-order chi connectivity index (χ0) is 10.7. The molecule has 1 aromatic rings. The summed E-state index contributed by atoms with van der Waals surface area (Å²) >= 11 is 0. The van der Waals surface area contributed by atoms with Gasteiger partial charge in [0.25, 0.3) is 0 Å². The topological polar surface area (TPSA) is 72.6 Å². The number of aliphatic hydroxyl groups excluding tert-OH is 1. The number of aliphatic hydroxyl groups is 1. The molecule has 0 aliphatic rings. The molecular weight excluding hydrogens is 186 g/mol. The second-order valence-electron chi connectivity index (χ2n) is 2.90. The van der Waals surface area contributed by atoms with E-state index in [2.05, 4.69) is 5.16 Å². The molecule has 78 valence electrons. The van der Waals surface area contributed by atoms with Crippen molar-refractivity contribution in [2.75, 3.05) is 6.61 Å². The quantitative estimate of drug-likeness (QED) is 0.741. The summed E-state index contributed by atoms with van der Waals surface area (Å²) in [6.07, 6.45) is -0.865. The van der Waals surface area contributed by atoms with Crippen molar-refractivity contribution in [3.63, 3.8) is 0 Å². The highest BCUT2D eigenvalue weighted by molar-refractivity contribution is 5.91. The summed E-state index contributed by atoms with van der Waals surface area (Å²) in [5, 5.41) is 12.9. The van der Waals surface area contributed by atoms with Crippen molar-refractivity contribution in [1.82, 2.24) is 5.16 Å². The first-order valence-corrected chi connectivity index (χ1v) is 4.39. The Hall–Kier alpha value is -1.36. The van der Waals surface area contributed by atoms with Crippen LogP contribution in [0.15, 0.2) is 4.52 Å². The zero-order valence-corrected chi connectivity index (χ0v) is 8.40. The third-order valence-corrected chi connectivity index (χ3v) is 1.75. The number of rotatable bonds is 3. The van der Waals surface area contributed by atoms with Crippen molar-refractivity contribution in [2.45, 2.75) is 26.9 Å². The van der Waals surface area contributed by atoms with E-state index in [1.54, 1.807) is 13.8 Å². The third-order valence-electron chi connectivity index (χ3n) is 1.75. The van der Waals surface area contributed by atoms with Crippen LogP contribution < -0.4 is 0 Å². The van der Waals surface area contributed by atoms with Crippen molar-refractivity contribution in [2.24, 2.45) is 0 Å². The molecule has 0 saturated carbocycles. The van der Waals surface area contributed by atoms with E-state index in [0.29, 0.717) is 5.69 Å². The minimum atomic E-state index is -0.865. The summed E-state index contributed by atoms with van der Waals surface area (Å²) in [6.45, 7) is 5.12. The molecule has 0 fully saturated rings. The van der Waals surface area contributed by atoms with Gasteiger partial charge in [-0.2, -0.15) is 0 Å². The highest BCUT2D eigenvalue weighted by Crippen LogP contribution is 2.21. The van der Waals surface area contributed by atoms with Gasteiger partial charge in [-0.3, -0.25) is 0 Å². The summed E-state index contributed by atoms with van der Waals surface area (Å²) < 4.78 is 9.63. The molecule has 1 N–H and O–H groups in total. The van der Waals surface area contributed by atoms with E-state index >= 15 is 0 Å². The van der Waals surface area contributed by atoms with Gasteiger partial charge in [0.05, 0.1) is 12.3 Å². The summed E-state index contributed by atoms with van der Waals surface area (Å²) in [7, 11) is 0. The lowest BCUT2D eigenvalue weighted by molar-refractivity contribution is 0.0514. The fraction of sp³-hybridized carbons (Fsp3) is 0.556. The highest BCUT2D eigenvalue weighted by atomic mass is 16.5. The maximum absolute atomic E-state index is 11.4. The van der Waals surface area contributed by atoms with Crippen LogP contribution in [-0.4, -0.2) is 22.8 Å². The fourth-order valence-electron chi connectivity index (χ4n) is 1.12. The predicted molar refractivity (Wildman–Crippen MR) is 47.8 cm³/mol. The molecule has 1 atom stereocenters. The van der Waals surface area contributed by atoms with E-state index in [1.807, 2.05) is 0 Å². The van der Waals surface area contributed by atoms with Gasteiger partial charge >= 0.3 is 5.97 Å². The Balaban J connectivity index is 3.04. The monoisotopic (exact) mass is 199 g/mol. The summed E-state index contributed by atoms with van der Waals surface area (Å²) in [6, 6.07) is 0. The molecule has 0 aliphatic heterocycles. The lowest BCUT2D eigenvalue weighted by Gasteiger charge is -2.03. The van der Waals surface area contributed by atoms with Crippen LogP contribution in [0.2, 0.25) is 0 Å². The Bertz CT molecular complexity index is 330. The Labute approximate surface area is 81.7 Å². The molecule has 1 heterocycles. The van der Waals surface area contributed by atoms with E-state index in [9.17, 15) is 9.90 Å². The van der Waals surface area contributed by atoms with E-state index in [4.69, 9.17) is 9.26 Å². The Kier molecular flexibility index (Phi) is 3.24. The van der Waals surface area contributed by atoms with E-state index in [1.165, 1.54) is 6.92 Å². The standard InChI is InChI=1S/C9H13NO4/c1-4-13-9(12)7-5(2)10-14-8(7)6(3)11/h6,11H,4H2,1-3H3/t6-/m0/s1. The van der Waals surface area contributed by atoms with Crippen molar-refractivity contribution >= 4 is 5.97 Å². The fourth-order valence-corrected chi connectivity index (χ4v) is 1.12. The first kappa shape index (κ1) is 10.7. The summed E-state index contributed by atoms with van der Waals surface area (Å²) in [4.78, 5) is 11.4. The average molecular weight is 199 g/mol. The number of carbonyl (C=O) groups excluding carboxylic acids is 1. The van der Waals surface area contributed by atoms with Crippen LogP contribution >= 0.6 is 0 Å². The van der Waals surface area contributed by atoms with Crippen LogP contribution in [0.4, 0.5) is 0 Å². The normalized spacial score (nSPS) is 12.6. The SMILES string of the molecule is CCOC(=O)c1c(C)noc1[C@H](C)O. The van der Waals surface area contributed by atoms with Crippen molar-refractivity contribution < 1.29 is 19.2 Å². The number of hydrogen-bond donors (Lipinski definition) is 1. The van der Waals surface area contributed by atoms with E-state index in [0.717, 1.165) is 0 Å². The van der Waals surface area contributed by atoms with Gasteiger partial charge in [0.15, 0.2) is 5.76 Å². The molecule has 0 bridgehead atoms. The third kappa shape index (κ3) is 1.93. The molecule has 0 radical (unpaired) electrons. The summed E-state index contributed by atoms with van der Waals surface area (Å²) in [5.74, 6) is -0.358. The second kappa shape index (κ2) is 4.23. The number of esters is 1. The number of aromatic nitrogens is 1. The Morgan fingerprint density at radius 3 is 2.86 bits per heavy atom. The Morgan fingerprint density at radius 2 is 2.36 bits per heavy atom. The number of aryl methyl sites for hydroxylation is 1. The molecule has 5 nitrogen and oxygen atoms in total. The maximum atomic E-state index is 11.4. The van der Waals surface area contributed by atoms with Crippen LogP contribution in [0.25, 0.3) is 0 Å². The molecule has 0 amide bonds. The molecule has 0 unspecified atom stereocenters. The van der Waals surface area contributed by atoms with Gasteiger partial charge in [0, 0.05) is 0 Å². The molecule has 1 aromatic heterocycles. The number of nitrogens with zero attached hydrogens (tertiary/aromatic N) is 1. The van der Waals surface area contributed by atoms with Crippen molar-refractivity contribution in [3.05, 3.63) is 17.0 Å². The summed E-state index contributed by atoms with van der Waals surface area (Å²) in [5.41, 5.74) is 0.654. The van der Waals surface area contributed by atoms with Gasteiger partial charge in [-0.05, 0) is 20.8 Å². The largest absolute Gasteiger partial charge is 0.462 e. The smallest absolute Gasteiger partial charge is 0.343 e. The zero-order valence-electron chi connectivity index (χ0n) is 8.40. The molecular formula is C9H13NO4. The molecule has 0 spiro atoms. The number of hydrogen-bond acceptors (Lipinski definition) is 5. The first-order chi connectivity index (χ1) is 6.57. The lowest BCUT2D eigenvalue weighted by atomic mass is 10.1. The maximum Gasteiger partial charge on any atom is 0.343 e. The number of carbonyl (C=O) groups is 1. The van der Waals surface area contributed by atoms with Crippen LogP contribution in [0.3, 0.4) is 0 Å². The Morgan fingerprint density at radius 1 is 1.71 bits per heavy atom. The second-order valence-corrected chi connectivity index (χ2v) is 2.90. The number of ether oxygens (including phenoxy) is 1. The predicted octanol–water partition coefficient (Wildman–Crippen LogP) is 1.21. The molecule has 0 aromatic carbocycles. The first-order valence-electron chi connectivity index (χ1n) is 4.39. The van der Waals surface area contributed by atoms with Gasteiger partial charge in [-0.1, -0.05) is 5.16 Å². The highest BCUT2D eigenvalue weighted by Gasteiger charge is 2.24. The van der Waals surface area contributed by atoms with Crippen LogP contribution in [-0.2, 0) is 4.74 Å². The van der Waals surface area contributed by atoms with Gasteiger partial charge in [-0.25, -0.2) is 4.79 Å². The van der Waals surface area contributed by atoms with Crippen molar-refractivity contribution in [1.29, 1.82) is 0 Å². The average Bonchev–Trinajstić information content (AvgIpc) is 2.47. The minimum absolute atomic E-state index is 0.154. The van der Waals surface area contributed by atoms with E-state index in [-0.39, 0.29) is 17.9 Å². The van der Waals surface area contributed by atoms with Crippen LogP contribution in [0, 0.1) is 6.92 Å². The lowest BCUT2D eigenvalue weighted by Crippen LogP contribution is -2.09. The van der Waals surface area contributed by atoms with Gasteiger partial charge in [0.1, 0.15) is 11.7 Å². The molecule has 1 rings (SSSR count). The van der Waals surface area contributed by atoms with Gasteiger partial charge in [-0.15, -0.1) is 0 Å². The molecule has 5 heteroatoms.